The van der Waals surface area contributed by atoms with Crippen molar-refractivity contribution in [1.82, 2.24) is 0 Å². The lowest BCUT2D eigenvalue weighted by Gasteiger charge is -2.26. The lowest BCUT2D eigenvalue weighted by Crippen LogP contribution is -2.46. The molecule has 0 amide bonds. The standard InChI is InChI=1S/C10H9NO5S/c12-10(17(14,15)16)6-5-7-3-1-2-4-8(7)9(10)11-13/h1-6,12-13H,(H,14,15,16)/b11-9+. The summed E-state index contributed by atoms with van der Waals surface area (Å²) in [5.41, 5.74) is 0.282. The first-order chi connectivity index (χ1) is 7.90. The number of oxime groups is 1. The van der Waals surface area contributed by atoms with Gasteiger partial charge in [0, 0.05) is 5.56 Å². The normalized spacial score (nSPS) is 25.9. The van der Waals surface area contributed by atoms with Crippen LogP contribution in [0.4, 0.5) is 0 Å². The van der Waals surface area contributed by atoms with E-state index in [4.69, 9.17) is 9.76 Å². The number of fused-ring (bicyclic) bond motifs is 1. The molecule has 0 saturated heterocycles. The Morgan fingerprint density at radius 1 is 1.24 bits per heavy atom. The zero-order chi connectivity index (χ0) is 12.7. The van der Waals surface area contributed by atoms with Crippen LogP contribution in [-0.4, -0.2) is 33.9 Å². The number of aliphatic hydroxyl groups is 1. The van der Waals surface area contributed by atoms with Crippen LogP contribution in [-0.2, 0) is 10.1 Å². The number of hydrogen-bond acceptors (Lipinski definition) is 5. The fourth-order valence-electron chi connectivity index (χ4n) is 1.67. The minimum Gasteiger partial charge on any atom is -0.410 e. The van der Waals surface area contributed by atoms with Gasteiger partial charge >= 0.3 is 10.1 Å². The van der Waals surface area contributed by atoms with E-state index in [2.05, 4.69) is 5.16 Å². The fourth-order valence-corrected chi connectivity index (χ4v) is 2.30. The van der Waals surface area contributed by atoms with Gasteiger partial charge in [-0.05, 0) is 11.6 Å². The van der Waals surface area contributed by atoms with Gasteiger partial charge in [0.25, 0.3) is 4.93 Å². The van der Waals surface area contributed by atoms with Crippen molar-refractivity contribution in [1.29, 1.82) is 0 Å². The first-order valence-electron chi connectivity index (χ1n) is 4.61. The van der Waals surface area contributed by atoms with Crippen LogP contribution in [0, 0.1) is 0 Å². The van der Waals surface area contributed by atoms with Crippen molar-refractivity contribution >= 4 is 21.9 Å². The van der Waals surface area contributed by atoms with Crippen LogP contribution in [0.15, 0.2) is 35.5 Å². The average Bonchev–Trinajstić information content (AvgIpc) is 2.27. The number of benzene rings is 1. The van der Waals surface area contributed by atoms with Crippen LogP contribution in [0.3, 0.4) is 0 Å². The van der Waals surface area contributed by atoms with Crippen molar-refractivity contribution in [3.63, 3.8) is 0 Å². The summed E-state index contributed by atoms with van der Waals surface area (Å²) in [4.78, 5) is -2.73. The second-order valence-corrected chi connectivity index (χ2v) is 5.11. The van der Waals surface area contributed by atoms with E-state index in [-0.39, 0.29) is 5.56 Å². The van der Waals surface area contributed by atoms with E-state index in [9.17, 15) is 13.5 Å². The number of nitrogens with zero attached hydrogens (tertiary/aromatic N) is 1. The highest BCUT2D eigenvalue weighted by Gasteiger charge is 2.47. The predicted octanol–water partition coefficient (Wildman–Crippen LogP) is 0.468. The molecule has 0 heterocycles. The van der Waals surface area contributed by atoms with E-state index in [1.54, 1.807) is 18.2 Å². The van der Waals surface area contributed by atoms with E-state index >= 15 is 0 Å². The number of hydrogen-bond donors (Lipinski definition) is 3. The summed E-state index contributed by atoms with van der Waals surface area (Å²) < 4.78 is 31.3. The first-order valence-corrected chi connectivity index (χ1v) is 6.05. The lowest BCUT2D eigenvalue weighted by atomic mass is 9.93. The number of rotatable bonds is 1. The van der Waals surface area contributed by atoms with Gasteiger partial charge in [-0.3, -0.25) is 4.55 Å². The maximum absolute atomic E-state index is 11.1. The quantitative estimate of drug-likeness (QED) is 0.384. The van der Waals surface area contributed by atoms with E-state index in [0.29, 0.717) is 5.56 Å². The van der Waals surface area contributed by atoms with Gasteiger partial charge in [-0.25, -0.2) is 0 Å². The van der Waals surface area contributed by atoms with Gasteiger partial charge in [-0.15, -0.1) is 0 Å². The summed E-state index contributed by atoms with van der Waals surface area (Å²) in [7, 11) is -4.85. The molecule has 7 heteroatoms. The van der Waals surface area contributed by atoms with Crippen LogP contribution in [0.1, 0.15) is 11.1 Å². The molecule has 1 unspecified atom stereocenters. The third-order valence-electron chi connectivity index (χ3n) is 2.54. The zero-order valence-electron chi connectivity index (χ0n) is 8.48. The van der Waals surface area contributed by atoms with Gasteiger partial charge < -0.3 is 10.3 Å². The van der Waals surface area contributed by atoms with Gasteiger partial charge in [-0.1, -0.05) is 35.5 Å². The molecular weight excluding hydrogens is 246 g/mol. The van der Waals surface area contributed by atoms with Crippen molar-refractivity contribution in [2.24, 2.45) is 5.16 Å². The molecule has 1 aromatic carbocycles. The van der Waals surface area contributed by atoms with Gasteiger partial charge in [0.05, 0.1) is 0 Å². The maximum atomic E-state index is 11.1. The average molecular weight is 255 g/mol. The van der Waals surface area contributed by atoms with Gasteiger partial charge in [0.15, 0.2) is 0 Å². The molecule has 0 spiro atoms. The molecule has 0 saturated carbocycles. The molecule has 1 atom stereocenters. The third kappa shape index (κ3) is 1.64. The largest absolute Gasteiger partial charge is 0.410 e. The highest BCUT2D eigenvalue weighted by Crippen LogP contribution is 2.29. The molecular formula is C10H9NO5S. The molecule has 90 valence electrons. The van der Waals surface area contributed by atoms with E-state index in [1.165, 1.54) is 12.1 Å². The third-order valence-corrected chi connectivity index (χ3v) is 3.65. The Morgan fingerprint density at radius 2 is 1.88 bits per heavy atom. The van der Waals surface area contributed by atoms with Crippen molar-refractivity contribution in [2.45, 2.75) is 4.93 Å². The van der Waals surface area contributed by atoms with Gasteiger partial charge in [0.2, 0.25) is 0 Å². The Bertz CT molecular complexity index is 619. The Hall–Kier alpha value is -1.70. The summed E-state index contributed by atoms with van der Waals surface area (Å²) in [5, 5.41) is 21.5. The lowest BCUT2D eigenvalue weighted by molar-refractivity contribution is 0.216. The molecule has 6 nitrogen and oxygen atoms in total. The zero-order valence-corrected chi connectivity index (χ0v) is 9.29. The van der Waals surface area contributed by atoms with E-state index < -0.39 is 20.8 Å². The molecule has 0 aliphatic heterocycles. The molecule has 2 rings (SSSR count). The van der Waals surface area contributed by atoms with E-state index in [1.807, 2.05) is 0 Å². The Labute approximate surface area is 97.3 Å². The summed E-state index contributed by atoms with van der Waals surface area (Å²) in [6, 6.07) is 6.42. The topological polar surface area (TPSA) is 107 Å². The van der Waals surface area contributed by atoms with Crippen LogP contribution >= 0.6 is 0 Å². The monoisotopic (exact) mass is 255 g/mol. The van der Waals surface area contributed by atoms with Crippen LogP contribution in [0.2, 0.25) is 0 Å². The molecule has 1 aromatic rings. The minimum absolute atomic E-state index is 0.234. The SMILES string of the molecule is O=S(=O)(O)C1(O)C=Cc2ccccc2/C1=N\O. The van der Waals surface area contributed by atoms with Crippen LogP contribution < -0.4 is 0 Å². The smallest absolute Gasteiger partial charge is 0.305 e. The summed E-state index contributed by atoms with van der Waals surface area (Å²) in [6.45, 7) is 0. The Balaban J connectivity index is 2.74. The van der Waals surface area contributed by atoms with Crippen molar-refractivity contribution in [3.05, 3.63) is 41.5 Å². The maximum Gasteiger partial charge on any atom is 0.305 e. The van der Waals surface area contributed by atoms with Crippen molar-refractivity contribution < 1.29 is 23.3 Å². The molecule has 0 aromatic heterocycles. The molecule has 1 aliphatic rings. The van der Waals surface area contributed by atoms with E-state index in [0.717, 1.165) is 6.08 Å². The predicted molar refractivity (Wildman–Crippen MR) is 60.3 cm³/mol. The first kappa shape index (κ1) is 11.8. The highest BCUT2D eigenvalue weighted by atomic mass is 32.2. The molecule has 3 N–H and O–H groups in total. The Morgan fingerprint density at radius 3 is 2.47 bits per heavy atom. The summed E-state index contributed by atoms with van der Waals surface area (Å²) >= 11 is 0. The fraction of sp³-hybridized carbons (Fsp3) is 0.100. The van der Waals surface area contributed by atoms with Crippen molar-refractivity contribution in [2.75, 3.05) is 0 Å². The minimum atomic E-state index is -4.85. The second kappa shape index (κ2) is 3.66. The second-order valence-electron chi connectivity index (χ2n) is 3.54. The molecule has 0 bridgehead atoms. The molecule has 17 heavy (non-hydrogen) atoms. The van der Waals surface area contributed by atoms with Crippen molar-refractivity contribution in [3.8, 4) is 0 Å². The summed E-state index contributed by atoms with van der Waals surface area (Å²) in [6.07, 6.45) is 2.19. The summed E-state index contributed by atoms with van der Waals surface area (Å²) in [5.74, 6) is 0. The van der Waals surface area contributed by atoms with Gasteiger partial charge in [0.1, 0.15) is 5.71 Å². The molecule has 0 radical (unpaired) electrons. The molecule has 1 aliphatic carbocycles. The van der Waals surface area contributed by atoms with Crippen LogP contribution in [0.5, 0.6) is 0 Å². The highest BCUT2D eigenvalue weighted by molar-refractivity contribution is 7.88. The van der Waals surface area contributed by atoms with Crippen LogP contribution in [0.25, 0.3) is 6.08 Å². The van der Waals surface area contributed by atoms with Gasteiger partial charge in [-0.2, -0.15) is 8.42 Å². The Kier molecular flexibility index (Phi) is 2.53. The molecule has 0 fully saturated rings.